The van der Waals surface area contributed by atoms with Gasteiger partial charge in [-0.05, 0) is 99.8 Å². The van der Waals surface area contributed by atoms with Crippen molar-refractivity contribution >= 4 is 5.78 Å². The van der Waals surface area contributed by atoms with Crippen molar-refractivity contribution in [3.63, 3.8) is 0 Å². The van der Waals surface area contributed by atoms with E-state index >= 15 is 0 Å². The number of aromatic nitrogens is 1. The Kier molecular flexibility index (Phi) is 8.51. The summed E-state index contributed by atoms with van der Waals surface area (Å²) in [6, 6.07) is 11.0. The van der Waals surface area contributed by atoms with Gasteiger partial charge >= 0.3 is 6.18 Å². The molecule has 1 aliphatic rings. The monoisotopic (exact) mass is 560 g/mol. The maximum atomic E-state index is 14.5. The number of alkyl halides is 3. The number of ether oxygens (including phenoxy) is 2. The number of pyridine rings is 1. The van der Waals surface area contributed by atoms with E-state index in [0.29, 0.717) is 28.2 Å². The predicted octanol–water partition coefficient (Wildman–Crippen LogP) is 6.44. The molecule has 2 unspecified atom stereocenters. The molecule has 3 aromatic rings. The molecule has 6 nitrogen and oxygen atoms in total. The summed E-state index contributed by atoms with van der Waals surface area (Å²) in [5.74, 6) is -0.305. The smallest absolute Gasteiger partial charge is 0.422 e. The molecule has 2 aromatic carbocycles. The second kappa shape index (κ2) is 11.5. The first-order chi connectivity index (χ1) is 18.9. The summed E-state index contributed by atoms with van der Waals surface area (Å²) >= 11 is 0. The molecule has 4 rings (SSSR count). The number of aryl methyl sites for hydroxylation is 1. The van der Waals surface area contributed by atoms with E-state index in [1.807, 2.05) is 0 Å². The van der Waals surface area contributed by atoms with Gasteiger partial charge in [0.25, 0.3) is 0 Å². The number of hydrogen-bond donors (Lipinski definition) is 2. The molecular weight excluding hydrogens is 528 g/mol. The number of carbonyl (C=O) groups excluding carboxylic acids is 1. The minimum atomic E-state index is -5.14. The lowest BCUT2D eigenvalue weighted by Crippen LogP contribution is -2.43. The van der Waals surface area contributed by atoms with Crippen LogP contribution >= 0.6 is 0 Å². The number of Topliss-reactive ketones (excluding diaryl/α,β-unsaturated/α-hetero) is 1. The van der Waals surface area contributed by atoms with Gasteiger partial charge in [0.2, 0.25) is 5.60 Å². The quantitative estimate of drug-likeness (QED) is 0.208. The van der Waals surface area contributed by atoms with Crippen molar-refractivity contribution in [1.29, 1.82) is 0 Å². The largest absolute Gasteiger partial charge is 0.493 e. The highest BCUT2D eigenvalue weighted by Gasteiger charge is 2.56. The first-order valence-electron chi connectivity index (χ1n) is 13.0. The van der Waals surface area contributed by atoms with Crippen molar-refractivity contribution in [2.75, 3.05) is 14.2 Å². The average molecular weight is 561 g/mol. The van der Waals surface area contributed by atoms with Crippen LogP contribution in [0.5, 0.6) is 11.5 Å². The summed E-state index contributed by atoms with van der Waals surface area (Å²) < 4.78 is 68.4. The summed E-state index contributed by atoms with van der Waals surface area (Å²) in [5.41, 5.74) is -2.65. The van der Waals surface area contributed by atoms with Gasteiger partial charge in [-0.1, -0.05) is 0 Å². The van der Waals surface area contributed by atoms with Gasteiger partial charge in [-0.2, -0.15) is 13.2 Å². The zero-order chi connectivity index (χ0) is 29.2. The molecule has 0 radical (unpaired) electrons. The van der Waals surface area contributed by atoms with Crippen LogP contribution in [0.1, 0.15) is 65.8 Å². The Labute approximate surface area is 230 Å². The molecule has 1 heterocycles. The van der Waals surface area contributed by atoms with Crippen LogP contribution in [-0.4, -0.2) is 42.3 Å². The third-order valence-corrected chi connectivity index (χ3v) is 7.14. The SMILES string of the molecule is CNC(C)c1cc(-c2ccc(F)c(C)c2)nc(C(O)(CCC(=O)c2ccc(OC3CC3)c(OC)c2)C(F)(F)F)c1. The Morgan fingerprint density at radius 1 is 1.12 bits per heavy atom. The van der Waals surface area contributed by atoms with Gasteiger partial charge < -0.3 is 19.9 Å². The first-order valence-corrected chi connectivity index (χ1v) is 13.0. The number of carbonyl (C=O) groups is 1. The number of nitrogens with one attached hydrogen (secondary N) is 1. The third kappa shape index (κ3) is 6.28. The van der Waals surface area contributed by atoms with Crippen LogP contribution in [0.25, 0.3) is 11.3 Å². The molecule has 1 aliphatic carbocycles. The summed E-state index contributed by atoms with van der Waals surface area (Å²) in [6.45, 7) is 3.29. The molecule has 1 aromatic heterocycles. The van der Waals surface area contributed by atoms with E-state index in [2.05, 4.69) is 10.3 Å². The highest BCUT2D eigenvalue weighted by Crippen LogP contribution is 2.43. The van der Waals surface area contributed by atoms with E-state index in [1.165, 1.54) is 50.4 Å². The molecule has 40 heavy (non-hydrogen) atoms. The van der Waals surface area contributed by atoms with Crippen molar-refractivity contribution in [2.45, 2.75) is 63.5 Å². The van der Waals surface area contributed by atoms with Crippen LogP contribution in [0.4, 0.5) is 17.6 Å². The number of methoxy groups -OCH3 is 1. The predicted molar refractivity (Wildman–Crippen MR) is 142 cm³/mol. The molecule has 10 heteroatoms. The second-order valence-corrected chi connectivity index (χ2v) is 10.1. The molecule has 0 spiro atoms. The maximum Gasteiger partial charge on any atom is 0.422 e. The van der Waals surface area contributed by atoms with E-state index in [9.17, 15) is 27.5 Å². The third-order valence-electron chi connectivity index (χ3n) is 7.14. The van der Waals surface area contributed by atoms with Crippen molar-refractivity contribution < 1.29 is 36.9 Å². The van der Waals surface area contributed by atoms with Gasteiger partial charge in [-0.25, -0.2) is 9.37 Å². The lowest BCUT2D eigenvalue weighted by atomic mass is 9.88. The number of rotatable bonds is 11. The zero-order valence-electron chi connectivity index (χ0n) is 22.7. The van der Waals surface area contributed by atoms with E-state index in [4.69, 9.17) is 9.47 Å². The summed E-state index contributed by atoms with van der Waals surface area (Å²) in [4.78, 5) is 17.2. The Hall–Kier alpha value is -3.50. The van der Waals surface area contributed by atoms with Crippen LogP contribution < -0.4 is 14.8 Å². The number of aliphatic hydroxyl groups is 1. The topological polar surface area (TPSA) is 80.7 Å². The van der Waals surface area contributed by atoms with Crippen LogP contribution in [0, 0.1) is 12.7 Å². The Balaban J connectivity index is 1.68. The molecule has 214 valence electrons. The molecule has 1 saturated carbocycles. The van der Waals surface area contributed by atoms with Crippen molar-refractivity contribution in [3.05, 3.63) is 76.7 Å². The lowest BCUT2D eigenvalue weighted by Gasteiger charge is -2.31. The molecule has 0 saturated heterocycles. The van der Waals surface area contributed by atoms with Crippen LogP contribution in [0.15, 0.2) is 48.5 Å². The zero-order valence-corrected chi connectivity index (χ0v) is 22.7. The van der Waals surface area contributed by atoms with Gasteiger partial charge in [0.15, 0.2) is 17.3 Å². The fraction of sp³-hybridized carbons (Fsp3) is 0.400. The van der Waals surface area contributed by atoms with Gasteiger partial charge in [0.1, 0.15) is 5.82 Å². The number of benzene rings is 2. The van der Waals surface area contributed by atoms with Crippen molar-refractivity contribution in [1.82, 2.24) is 10.3 Å². The van der Waals surface area contributed by atoms with Crippen LogP contribution in [-0.2, 0) is 5.60 Å². The molecule has 0 amide bonds. The fourth-order valence-electron chi connectivity index (χ4n) is 4.29. The highest BCUT2D eigenvalue weighted by atomic mass is 19.4. The number of nitrogens with zero attached hydrogens (tertiary/aromatic N) is 1. The van der Waals surface area contributed by atoms with Gasteiger partial charge in [-0.3, -0.25) is 4.79 Å². The summed E-state index contributed by atoms with van der Waals surface area (Å²) in [7, 11) is 3.06. The van der Waals surface area contributed by atoms with E-state index in [-0.39, 0.29) is 23.4 Å². The highest BCUT2D eigenvalue weighted by molar-refractivity contribution is 5.96. The van der Waals surface area contributed by atoms with Gasteiger partial charge in [-0.15, -0.1) is 0 Å². The summed E-state index contributed by atoms with van der Waals surface area (Å²) in [5, 5.41) is 14.1. The molecule has 2 N–H and O–H groups in total. The average Bonchev–Trinajstić information content (AvgIpc) is 3.75. The van der Waals surface area contributed by atoms with E-state index in [0.717, 1.165) is 12.8 Å². The normalized spacial score (nSPS) is 15.8. The molecular formula is C30H32F4N2O4. The van der Waals surface area contributed by atoms with Gasteiger partial charge in [0.05, 0.1) is 24.6 Å². The Bertz CT molecular complexity index is 1390. The minimum Gasteiger partial charge on any atom is -0.493 e. The standard InChI is InChI=1S/C30H32F4N2O4/c1-17-13-19(5-9-23(17)31)24-14-21(18(2)35-3)16-28(36-24)29(38,30(32,33)34)12-11-25(37)20-6-10-26(27(15-20)39-4)40-22-7-8-22/h5-6,9-10,13-16,18,22,35,38H,7-8,11-12H2,1-4H3. The second-order valence-electron chi connectivity index (χ2n) is 10.1. The first kappa shape index (κ1) is 29.5. The Morgan fingerprint density at radius 3 is 2.45 bits per heavy atom. The summed E-state index contributed by atoms with van der Waals surface area (Å²) in [6.07, 6.45) is -4.77. The number of ketones is 1. The molecule has 2 atom stereocenters. The lowest BCUT2D eigenvalue weighted by molar-refractivity contribution is -0.270. The van der Waals surface area contributed by atoms with Gasteiger partial charge in [0, 0.05) is 23.6 Å². The van der Waals surface area contributed by atoms with Crippen LogP contribution in [0.3, 0.4) is 0 Å². The molecule has 0 bridgehead atoms. The van der Waals surface area contributed by atoms with Crippen LogP contribution in [0.2, 0.25) is 0 Å². The van der Waals surface area contributed by atoms with Crippen molar-refractivity contribution in [3.8, 4) is 22.8 Å². The molecule has 1 fully saturated rings. The number of halogens is 4. The maximum absolute atomic E-state index is 14.5. The minimum absolute atomic E-state index is 0.0925. The van der Waals surface area contributed by atoms with E-state index in [1.54, 1.807) is 26.1 Å². The molecule has 0 aliphatic heterocycles. The van der Waals surface area contributed by atoms with Crippen molar-refractivity contribution in [2.24, 2.45) is 0 Å². The number of hydrogen-bond acceptors (Lipinski definition) is 6. The Morgan fingerprint density at radius 2 is 1.85 bits per heavy atom. The fourth-order valence-corrected chi connectivity index (χ4v) is 4.29. The van der Waals surface area contributed by atoms with E-state index < -0.39 is 41.9 Å².